The van der Waals surface area contributed by atoms with Crippen LogP contribution in [0.15, 0.2) is 0 Å². The maximum absolute atomic E-state index is 5.80. The summed E-state index contributed by atoms with van der Waals surface area (Å²) in [4.78, 5) is 0. The average molecular weight is 263 g/mol. The lowest BCUT2D eigenvalue weighted by molar-refractivity contribution is 0.00315. The fourth-order valence-electron chi connectivity index (χ4n) is 1.34. The predicted molar refractivity (Wildman–Crippen MR) is 71.8 cm³/mol. The number of ether oxygens (including phenoxy) is 4. The molecule has 0 aromatic heterocycles. The van der Waals surface area contributed by atoms with Gasteiger partial charge in [-0.25, -0.2) is 0 Å². The third-order valence-corrected chi connectivity index (χ3v) is 2.56. The molecular formula is C13H29NO4. The van der Waals surface area contributed by atoms with E-state index in [2.05, 4.69) is 6.92 Å². The van der Waals surface area contributed by atoms with Crippen LogP contribution < -0.4 is 5.73 Å². The van der Waals surface area contributed by atoms with Crippen molar-refractivity contribution in [2.75, 3.05) is 53.4 Å². The van der Waals surface area contributed by atoms with Gasteiger partial charge < -0.3 is 24.7 Å². The van der Waals surface area contributed by atoms with Gasteiger partial charge in [-0.1, -0.05) is 6.92 Å². The molecule has 0 amide bonds. The highest BCUT2D eigenvalue weighted by Gasteiger charge is 1.98. The average Bonchev–Trinajstić information content (AvgIpc) is 2.39. The minimum atomic E-state index is 0.314. The second kappa shape index (κ2) is 14.9. The van der Waals surface area contributed by atoms with Gasteiger partial charge in [0.15, 0.2) is 0 Å². The SMILES string of the molecule is CCC(N)CCCOCCOCCOCCOC. The van der Waals surface area contributed by atoms with Crippen LogP contribution in [0.3, 0.4) is 0 Å². The highest BCUT2D eigenvalue weighted by molar-refractivity contribution is 4.57. The summed E-state index contributed by atoms with van der Waals surface area (Å²) in [6, 6.07) is 0.314. The van der Waals surface area contributed by atoms with Gasteiger partial charge in [-0.3, -0.25) is 0 Å². The minimum Gasteiger partial charge on any atom is -0.382 e. The normalized spacial score (nSPS) is 12.8. The van der Waals surface area contributed by atoms with Crippen LogP contribution in [0.25, 0.3) is 0 Å². The van der Waals surface area contributed by atoms with Crippen molar-refractivity contribution in [1.82, 2.24) is 0 Å². The van der Waals surface area contributed by atoms with Crippen molar-refractivity contribution in [2.24, 2.45) is 5.73 Å². The molecule has 0 aromatic carbocycles. The van der Waals surface area contributed by atoms with E-state index in [1.807, 2.05) is 0 Å². The van der Waals surface area contributed by atoms with Crippen LogP contribution in [-0.2, 0) is 18.9 Å². The lowest BCUT2D eigenvalue weighted by Crippen LogP contribution is -2.19. The second-order valence-corrected chi connectivity index (χ2v) is 4.14. The highest BCUT2D eigenvalue weighted by Crippen LogP contribution is 1.98. The molecule has 0 aliphatic carbocycles. The van der Waals surface area contributed by atoms with Crippen LogP contribution in [0.2, 0.25) is 0 Å². The Morgan fingerprint density at radius 1 is 0.833 bits per heavy atom. The number of hydrogen-bond acceptors (Lipinski definition) is 5. The largest absolute Gasteiger partial charge is 0.382 e. The van der Waals surface area contributed by atoms with Crippen molar-refractivity contribution in [1.29, 1.82) is 0 Å². The summed E-state index contributed by atoms with van der Waals surface area (Å²) in [5.74, 6) is 0. The van der Waals surface area contributed by atoms with Gasteiger partial charge in [0.05, 0.1) is 39.6 Å². The number of rotatable bonds is 14. The van der Waals surface area contributed by atoms with E-state index >= 15 is 0 Å². The minimum absolute atomic E-state index is 0.314. The smallest absolute Gasteiger partial charge is 0.0701 e. The summed E-state index contributed by atoms with van der Waals surface area (Å²) in [7, 11) is 1.66. The van der Waals surface area contributed by atoms with E-state index in [9.17, 15) is 0 Å². The molecule has 0 spiro atoms. The lowest BCUT2D eigenvalue weighted by atomic mass is 10.1. The van der Waals surface area contributed by atoms with Crippen molar-refractivity contribution in [3.63, 3.8) is 0 Å². The molecule has 5 heteroatoms. The molecule has 1 unspecified atom stereocenters. The van der Waals surface area contributed by atoms with E-state index in [1.54, 1.807) is 7.11 Å². The molecule has 110 valence electrons. The topological polar surface area (TPSA) is 62.9 Å². The van der Waals surface area contributed by atoms with E-state index in [4.69, 9.17) is 24.7 Å². The Balaban J connectivity index is 2.94. The molecule has 0 fully saturated rings. The Labute approximate surface area is 111 Å². The molecule has 1 atom stereocenters. The summed E-state index contributed by atoms with van der Waals surface area (Å²) in [5.41, 5.74) is 5.80. The first-order valence-electron chi connectivity index (χ1n) is 6.79. The zero-order valence-electron chi connectivity index (χ0n) is 11.9. The van der Waals surface area contributed by atoms with Crippen LogP contribution in [0, 0.1) is 0 Å². The maximum Gasteiger partial charge on any atom is 0.0701 e. The van der Waals surface area contributed by atoms with Gasteiger partial charge in [0.1, 0.15) is 0 Å². The summed E-state index contributed by atoms with van der Waals surface area (Å²) in [6.45, 7) is 6.59. The first kappa shape index (κ1) is 17.8. The Kier molecular flexibility index (Phi) is 14.7. The molecule has 2 N–H and O–H groups in total. The molecule has 0 rings (SSSR count). The first-order valence-corrected chi connectivity index (χ1v) is 6.79. The predicted octanol–water partition coefficient (Wildman–Crippen LogP) is 1.20. The molecule has 0 aliphatic heterocycles. The van der Waals surface area contributed by atoms with Gasteiger partial charge in [0.25, 0.3) is 0 Å². The quantitative estimate of drug-likeness (QED) is 0.477. The molecule has 0 aromatic rings. The molecule has 0 aliphatic rings. The van der Waals surface area contributed by atoms with Crippen LogP contribution in [-0.4, -0.2) is 59.4 Å². The Hall–Kier alpha value is -0.200. The zero-order chi connectivity index (χ0) is 13.5. The zero-order valence-corrected chi connectivity index (χ0v) is 11.9. The monoisotopic (exact) mass is 263 g/mol. The number of hydrogen-bond donors (Lipinski definition) is 1. The van der Waals surface area contributed by atoms with Gasteiger partial charge in [-0.15, -0.1) is 0 Å². The van der Waals surface area contributed by atoms with E-state index in [0.717, 1.165) is 25.9 Å². The van der Waals surface area contributed by atoms with Gasteiger partial charge in [0, 0.05) is 19.8 Å². The lowest BCUT2D eigenvalue weighted by Gasteiger charge is -2.09. The van der Waals surface area contributed by atoms with E-state index < -0.39 is 0 Å². The molecule has 0 saturated heterocycles. The second-order valence-electron chi connectivity index (χ2n) is 4.14. The highest BCUT2D eigenvalue weighted by atomic mass is 16.6. The molecule has 0 saturated carbocycles. The van der Waals surface area contributed by atoms with Gasteiger partial charge in [-0.05, 0) is 19.3 Å². The maximum atomic E-state index is 5.80. The van der Waals surface area contributed by atoms with Crippen LogP contribution in [0.4, 0.5) is 0 Å². The summed E-state index contributed by atoms with van der Waals surface area (Å²) >= 11 is 0. The third kappa shape index (κ3) is 13.9. The van der Waals surface area contributed by atoms with Crippen molar-refractivity contribution in [3.8, 4) is 0 Å². The van der Waals surface area contributed by atoms with Crippen molar-refractivity contribution < 1.29 is 18.9 Å². The number of nitrogens with two attached hydrogens (primary N) is 1. The van der Waals surface area contributed by atoms with Gasteiger partial charge in [-0.2, -0.15) is 0 Å². The Morgan fingerprint density at radius 2 is 1.33 bits per heavy atom. The van der Waals surface area contributed by atoms with Crippen LogP contribution in [0.5, 0.6) is 0 Å². The van der Waals surface area contributed by atoms with Crippen LogP contribution in [0.1, 0.15) is 26.2 Å². The molecule has 5 nitrogen and oxygen atoms in total. The molecular weight excluding hydrogens is 234 g/mol. The fourth-order valence-corrected chi connectivity index (χ4v) is 1.34. The molecule has 0 bridgehead atoms. The van der Waals surface area contributed by atoms with E-state index in [-0.39, 0.29) is 0 Å². The summed E-state index contributed by atoms with van der Waals surface area (Å²) in [5, 5.41) is 0. The molecule has 0 radical (unpaired) electrons. The number of methoxy groups -OCH3 is 1. The fraction of sp³-hybridized carbons (Fsp3) is 1.00. The Morgan fingerprint density at radius 3 is 1.83 bits per heavy atom. The Bertz CT molecular complexity index is 158. The molecule has 18 heavy (non-hydrogen) atoms. The van der Waals surface area contributed by atoms with Gasteiger partial charge >= 0.3 is 0 Å². The molecule has 0 heterocycles. The van der Waals surface area contributed by atoms with E-state index in [1.165, 1.54) is 0 Å². The van der Waals surface area contributed by atoms with Crippen LogP contribution >= 0.6 is 0 Å². The summed E-state index contributed by atoms with van der Waals surface area (Å²) in [6.07, 6.45) is 3.09. The van der Waals surface area contributed by atoms with Gasteiger partial charge in [0.2, 0.25) is 0 Å². The van der Waals surface area contributed by atoms with Crippen molar-refractivity contribution in [3.05, 3.63) is 0 Å². The first-order chi connectivity index (χ1) is 8.81. The standard InChI is InChI=1S/C13H29NO4/c1-3-13(14)5-4-6-16-9-10-18-12-11-17-8-7-15-2/h13H,3-12,14H2,1-2H3. The van der Waals surface area contributed by atoms with Crippen molar-refractivity contribution in [2.45, 2.75) is 32.2 Å². The van der Waals surface area contributed by atoms with E-state index in [0.29, 0.717) is 45.7 Å². The third-order valence-electron chi connectivity index (χ3n) is 2.56. The van der Waals surface area contributed by atoms with Crippen molar-refractivity contribution >= 4 is 0 Å². The summed E-state index contributed by atoms with van der Waals surface area (Å²) < 4.78 is 20.9.